The summed E-state index contributed by atoms with van der Waals surface area (Å²) in [6.45, 7) is 2.59. The van der Waals surface area contributed by atoms with Crippen LogP contribution in [0.2, 0.25) is 0 Å². The molecule has 1 aliphatic heterocycles. The van der Waals surface area contributed by atoms with E-state index in [0.29, 0.717) is 22.9 Å². The number of ether oxygens (including phenoxy) is 3. The number of amides is 1. The number of hydrogen-bond acceptors (Lipinski definition) is 5. The molecule has 32 heavy (non-hydrogen) atoms. The lowest BCUT2D eigenvalue weighted by Crippen LogP contribution is -2.30. The fourth-order valence-corrected chi connectivity index (χ4v) is 4.21. The van der Waals surface area contributed by atoms with Crippen molar-refractivity contribution in [1.82, 2.24) is 9.47 Å². The summed E-state index contributed by atoms with van der Waals surface area (Å²) in [6.07, 6.45) is 0.899. The molecule has 1 aliphatic rings. The Morgan fingerprint density at radius 1 is 0.969 bits per heavy atom. The monoisotopic (exact) mass is 435 g/mol. The van der Waals surface area contributed by atoms with E-state index >= 15 is 0 Å². The Hall–Kier alpha value is -3.45. The van der Waals surface area contributed by atoms with E-state index in [1.807, 2.05) is 29.8 Å². The first-order valence-electron chi connectivity index (χ1n) is 10.6. The summed E-state index contributed by atoms with van der Waals surface area (Å²) in [5.74, 6) is 1.96. The molecule has 3 aromatic rings. The normalized spacial score (nSPS) is 13.4. The van der Waals surface area contributed by atoms with E-state index in [9.17, 15) is 4.79 Å². The van der Waals surface area contributed by atoms with Crippen LogP contribution in [-0.4, -0.2) is 43.2 Å². The lowest BCUT2D eigenvalue weighted by Gasteiger charge is -2.27. The molecular formula is C25H29N3O4. The Labute approximate surface area is 188 Å². The van der Waals surface area contributed by atoms with Crippen LogP contribution < -0.4 is 19.5 Å². The third-order valence-electron chi connectivity index (χ3n) is 5.89. The molecule has 0 radical (unpaired) electrons. The molecule has 0 aliphatic carbocycles. The summed E-state index contributed by atoms with van der Waals surface area (Å²) in [6, 6.07) is 15.5. The maximum Gasteiger partial charge on any atom is 0.272 e. The zero-order valence-corrected chi connectivity index (χ0v) is 19.0. The number of anilines is 1. The number of benzene rings is 2. The standard InChI is InChI=1S/C25H29N3O4/c1-27-23-8-9-28(15-17-6-5-7-20(10-17)30-2)16-18(23)11-24(27)25(29)26-19-12-21(31-3)14-22(13-19)32-4/h5-7,10-14H,8-9,15-16H2,1-4H3,(H,26,29). The highest BCUT2D eigenvalue weighted by Crippen LogP contribution is 2.28. The number of carbonyl (C=O) groups is 1. The van der Waals surface area contributed by atoms with Gasteiger partial charge >= 0.3 is 0 Å². The minimum atomic E-state index is -0.156. The lowest BCUT2D eigenvalue weighted by atomic mass is 10.1. The van der Waals surface area contributed by atoms with Gasteiger partial charge in [-0.15, -0.1) is 0 Å². The van der Waals surface area contributed by atoms with E-state index in [0.717, 1.165) is 31.8 Å². The first-order chi connectivity index (χ1) is 15.5. The van der Waals surface area contributed by atoms with Crippen molar-refractivity contribution in [1.29, 1.82) is 0 Å². The van der Waals surface area contributed by atoms with Gasteiger partial charge in [0.1, 0.15) is 22.9 Å². The first kappa shape index (κ1) is 21.8. The van der Waals surface area contributed by atoms with Gasteiger partial charge in [-0.1, -0.05) is 12.1 Å². The zero-order chi connectivity index (χ0) is 22.7. The Morgan fingerprint density at radius 2 is 1.69 bits per heavy atom. The smallest absolute Gasteiger partial charge is 0.272 e. The molecule has 4 rings (SSSR count). The maximum atomic E-state index is 13.1. The molecule has 0 bridgehead atoms. The van der Waals surface area contributed by atoms with Crippen LogP contribution in [0.25, 0.3) is 0 Å². The van der Waals surface area contributed by atoms with Gasteiger partial charge in [0, 0.05) is 62.7 Å². The van der Waals surface area contributed by atoms with Crippen LogP contribution in [0.3, 0.4) is 0 Å². The fraction of sp³-hybridized carbons (Fsp3) is 0.320. The number of carbonyl (C=O) groups excluding carboxylic acids is 1. The van der Waals surface area contributed by atoms with Gasteiger partial charge in [-0.2, -0.15) is 0 Å². The lowest BCUT2D eigenvalue weighted by molar-refractivity contribution is 0.101. The van der Waals surface area contributed by atoms with Gasteiger partial charge in [-0.25, -0.2) is 0 Å². The van der Waals surface area contributed by atoms with Crippen molar-refractivity contribution >= 4 is 11.6 Å². The molecule has 0 atom stereocenters. The van der Waals surface area contributed by atoms with Crippen molar-refractivity contribution < 1.29 is 19.0 Å². The molecule has 0 unspecified atom stereocenters. The van der Waals surface area contributed by atoms with Gasteiger partial charge in [-0.05, 0) is 29.3 Å². The van der Waals surface area contributed by atoms with Crippen LogP contribution in [0.1, 0.15) is 27.3 Å². The van der Waals surface area contributed by atoms with E-state index in [1.54, 1.807) is 39.5 Å². The highest BCUT2D eigenvalue weighted by molar-refractivity contribution is 6.03. The van der Waals surface area contributed by atoms with Crippen molar-refractivity contribution in [3.63, 3.8) is 0 Å². The van der Waals surface area contributed by atoms with Gasteiger partial charge in [0.2, 0.25) is 0 Å². The largest absolute Gasteiger partial charge is 0.497 e. The number of nitrogens with one attached hydrogen (secondary N) is 1. The van der Waals surface area contributed by atoms with Gasteiger partial charge in [0.25, 0.3) is 5.91 Å². The Kier molecular flexibility index (Phi) is 6.37. The van der Waals surface area contributed by atoms with Crippen molar-refractivity contribution in [3.05, 3.63) is 71.0 Å². The first-order valence-corrected chi connectivity index (χ1v) is 10.6. The van der Waals surface area contributed by atoms with Crippen LogP contribution in [0.4, 0.5) is 5.69 Å². The Morgan fingerprint density at radius 3 is 2.38 bits per heavy atom. The average molecular weight is 436 g/mol. The molecule has 0 saturated heterocycles. The van der Waals surface area contributed by atoms with E-state index < -0.39 is 0 Å². The molecule has 2 aromatic carbocycles. The zero-order valence-electron chi connectivity index (χ0n) is 19.0. The van der Waals surface area contributed by atoms with Crippen molar-refractivity contribution in [2.45, 2.75) is 19.5 Å². The molecule has 1 N–H and O–H groups in total. The van der Waals surface area contributed by atoms with Crippen LogP contribution in [0, 0.1) is 0 Å². The number of aromatic nitrogens is 1. The molecular weight excluding hydrogens is 406 g/mol. The van der Waals surface area contributed by atoms with E-state index in [2.05, 4.69) is 22.3 Å². The second kappa shape index (κ2) is 9.36. The van der Waals surface area contributed by atoms with Gasteiger partial charge < -0.3 is 24.1 Å². The predicted octanol–water partition coefficient (Wildman–Crippen LogP) is 3.86. The highest BCUT2D eigenvalue weighted by Gasteiger charge is 2.24. The number of hydrogen-bond donors (Lipinski definition) is 1. The predicted molar refractivity (Wildman–Crippen MR) is 124 cm³/mol. The second-order valence-electron chi connectivity index (χ2n) is 7.93. The topological polar surface area (TPSA) is 65.0 Å². The summed E-state index contributed by atoms with van der Waals surface area (Å²) in [7, 11) is 6.81. The SMILES string of the molecule is COc1cccc(CN2CCc3c(cc(C(=O)Nc4cc(OC)cc(OC)c4)n3C)C2)c1. The number of fused-ring (bicyclic) bond motifs is 1. The van der Waals surface area contributed by atoms with E-state index in [4.69, 9.17) is 14.2 Å². The summed E-state index contributed by atoms with van der Waals surface area (Å²) >= 11 is 0. The summed E-state index contributed by atoms with van der Waals surface area (Å²) in [5, 5.41) is 2.97. The number of methoxy groups -OCH3 is 3. The quantitative estimate of drug-likeness (QED) is 0.611. The minimum absolute atomic E-state index is 0.156. The van der Waals surface area contributed by atoms with Crippen LogP contribution >= 0.6 is 0 Å². The summed E-state index contributed by atoms with van der Waals surface area (Å²) in [4.78, 5) is 15.4. The Balaban J connectivity index is 1.49. The van der Waals surface area contributed by atoms with Crippen molar-refractivity contribution in [3.8, 4) is 17.2 Å². The van der Waals surface area contributed by atoms with Crippen molar-refractivity contribution in [2.24, 2.45) is 7.05 Å². The van der Waals surface area contributed by atoms with Gasteiger partial charge in [-0.3, -0.25) is 9.69 Å². The van der Waals surface area contributed by atoms with Gasteiger partial charge in [0.15, 0.2) is 0 Å². The molecule has 0 fully saturated rings. The minimum Gasteiger partial charge on any atom is -0.497 e. The maximum absolute atomic E-state index is 13.1. The number of rotatable bonds is 7. The molecule has 1 aromatic heterocycles. The number of nitrogens with zero attached hydrogens (tertiary/aromatic N) is 2. The third-order valence-corrected chi connectivity index (χ3v) is 5.89. The molecule has 0 saturated carbocycles. The molecule has 7 nitrogen and oxygen atoms in total. The molecule has 168 valence electrons. The van der Waals surface area contributed by atoms with Gasteiger partial charge in [0.05, 0.1) is 21.3 Å². The highest BCUT2D eigenvalue weighted by atomic mass is 16.5. The third kappa shape index (κ3) is 4.57. The second-order valence-corrected chi connectivity index (χ2v) is 7.93. The molecule has 0 spiro atoms. The average Bonchev–Trinajstić information content (AvgIpc) is 3.14. The van der Waals surface area contributed by atoms with Crippen LogP contribution in [0.15, 0.2) is 48.5 Å². The summed E-state index contributed by atoms with van der Waals surface area (Å²) < 4.78 is 17.9. The Bertz CT molecular complexity index is 1100. The van der Waals surface area contributed by atoms with Crippen LogP contribution in [0.5, 0.6) is 17.2 Å². The van der Waals surface area contributed by atoms with Crippen LogP contribution in [-0.2, 0) is 26.6 Å². The molecule has 2 heterocycles. The van der Waals surface area contributed by atoms with Crippen molar-refractivity contribution in [2.75, 3.05) is 33.2 Å². The molecule has 1 amide bonds. The van der Waals surface area contributed by atoms with E-state index in [1.165, 1.54) is 16.8 Å². The molecule has 7 heteroatoms. The fourth-order valence-electron chi connectivity index (χ4n) is 4.21. The van der Waals surface area contributed by atoms with E-state index in [-0.39, 0.29) is 5.91 Å². The summed E-state index contributed by atoms with van der Waals surface area (Å²) in [5.41, 5.74) is 4.88.